The molecule has 1 aliphatic heterocycles. The summed E-state index contributed by atoms with van der Waals surface area (Å²) in [4.78, 5) is 0. The predicted molar refractivity (Wildman–Crippen MR) is 50.2 cm³/mol. The van der Waals surface area contributed by atoms with Crippen molar-refractivity contribution in [1.82, 2.24) is 0 Å². The van der Waals surface area contributed by atoms with Gasteiger partial charge in [-0.2, -0.15) is 0 Å². The molecule has 1 aliphatic carbocycles. The van der Waals surface area contributed by atoms with Gasteiger partial charge in [0.15, 0.2) is 6.29 Å². The summed E-state index contributed by atoms with van der Waals surface area (Å²) in [5, 5.41) is 0. The standard InChI is InChI=1S/C10H19NO2/c11-9(6-8-2-1-3-8)7-10-12-4-5-13-10/h8-10H,1-7,11H2. The Bertz CT molecular complexity index is 153. The van der Waals surface area contributed by atoms with Crippen molar-refractivity contribution in [2.75, 3.05) is 13.2 Å². The third kappa shape index (κ3) is 2.66. The van der Waals surface area contributed by atoms with Crippen molar-refractivity contribution in [3.05, 3.63) is 0 Å². The Hall–Kier alpha value is -0.120. The van der Waals surface area contributed by atoms with Gasteiger partial charge in [-0.3, -0.25) is 0 Å². The molecule has 3 nitrogen and oxygen atoms in total. The molecule has 0 amide bonds. The van der Waals surface area contributed by atoms with Crippen LogP contribution in [0.1, 0.15) is 32.1 Å². The molecule has 0 aromatic rings. The van der Waals surface area contributed by atoms with Gasteiger partial charge < -0.3 is 15.2 Å². The second-order valence-corrected chi connectivity index (χ2v) is 4.20. The van der Waals surface area contributed by atoms with Gasteiger partial charge in [0.1, 0.15) is 0 Å². The summed E-state index contributed by atoms with van der Waals surface area (Å²) in [5.41, 5.74) is 6.00. The zero-order valence-electron chi connectivity index (χ0n) is 8.08. The molecule has 1 atom stereocenters. The van der Waals surface area contributed by atoms with Crippen LogP contribution in [0.25, 0.3) is 0 Å². The summed E-state index contributed by atoms with van der Waals surface area (Å²) in [6.07, 6.45) is 6.16. The van der Waals surface area contributed by atoms with Crippen molar-refractivity contribution in [2.24, 2.45) is 11.7 Å². The van der Waals surface area contributed by atoms with E-state index in [-0.39, 0.29) is 12.3 Å². The SMILES string of the molecule is NC(CC1CCC1)CC1OCCO1. The van der Waals surface area contributed by atoms with Crippen LogP contribution in [0.15, 0.2) is 0 Å². The lowest BCUT2D eigenvalue weighted by Crippen LogP contribution is -2.30. The fraction of sp³-hybridized carbons (Fsp3) is 1.00. The lowest BCUT2D eigenvalue weighted by Gasteiger charge is -2.28. The molecule has 76 valence electrons. The Morgan fingerprint density at radius 3 is 2.38 bits per heavy atom. The Morgan fingerprint density at radius 2 is 1.85 bits per heavy atom. The van der Waals surface area contributed by atoms with Gasteiger partial charge in [-0.15, -0.1) is 0 Å². The van der Waals surface area contributed by atoms with Crippen molar-refractivity contribution < 1.29 is 9.47 Å². The minimum absolute atomic E-state index is 0.0184. The molecule has 2 fully saturated rings. The van der Waals surface area contributed by atoms with Crippen LogP contribution in [-0.4, -0.2) is 25.5 Å². The molecule has 2 aliphatic rings. The van der Waals surface area contributed by atoms with E-state index in [1.807, 2.05) is 0 Å². The maximum atomic E-state index is 6.00. The van der Waals surface area contributed by atoms with Crippen molar-refractivity contribution in [3.63, 3.8) is 0 Å². The Labute approximate surface area is 79.6 Å². The lowest BCUT2D eigenvalue weighted by molar-refractivity contribution is -0.0521. The van der Waals surface area contributed by atoms with Gasteiger partial charge in [-0.05, 0) is 12.3 Å². The van der Waals surface area contributed by atoms with Crippen molar-refractivity contribution in [1.29, 1.82) is 0 Å². The van der Waals surface area contributed by atoms with E-state index in [9.17, 15) is 0 Å². The van der Waals surface area contributed by atoms with E-state index in [1.165, 1.54) is 19.3 Å². The molecule has 2 rings (SSSR count). The molecule has 3 heteroatoms. The van der Waals surface area contributed by atoms with Crippen LogP contribution in [0.2, 0.25) is 0 Å². The minimum Gasteiger partial charge on any atom is -0.350 e. The first-order valence-corrected chi connectivity index (χ1v) is 5.33. The number of hydrogen-bond donors (Lipinski definition) is 1. The van der Waals surface area contributed by atoms with Gasteiger partial charge >= 0.3 is 0 Å². The van der Waals surface area contributed by atoms with Crippen LogP contribution < -0.4 is 5.73 Å². The third-order valence-electron chi connectivity index (χ3n) is 3.05. The fourth-order valence-corrected chi connectivity index (χ4v) is 2.04. The first-order valence-electron chi connectivity index (χ1n) is 5.33. The average Bonchev–Trinajstić information content (AvgIpc) is 2.49. The zero-order valence-corrected chi connectivity index (χ0v) is 8.08. The van der Waals surface area contributed by atoms with E-state index < -0.39 is 0 Å². The van der Waals surface area contributed by atoms with Gasteiger partial charge in [0.05, 0.1) is 13.2 Å². The summed E-state index contributed by atoms with van der Waals surface area (Å²) in [7, 11) is 0. The summed E-state index contributed by atoms with van der Waals surface area (Å²) in [6.45, 7) is 1.47. The van der Waals surface area contributed by atoms with Crippen LogP contribution in [-0.2, 0) is 9.47 Å². The third-order valence-corrected chi connectivity index (χ3v) is 3.05. The highest BCUT2D eigenvalue weighted by Crippen LogP contribution is 2.31. The highest BCUT2D eigenvalue weighted by Gasteiger charge is 2.24. The largest absolute Gasteiger partial charge is 0.350 e. The second-order valence-electron chi connectivity index (χ2n) is 4.20. The number of nitrogens with two attached hydrogens (primary N) is 1. The van der Waals surface area contributed by atoms with Crippen molar-refractivity contribution in [3.8, 4) is 0 Å². The van der Waals surface area contributed by atoms with E-state index in [4.69, 9.17) is 15.2 Å². The van der Waals surface area contributed by atoms with E-state index in [2.05, 4.69) is 0 Å². The Balaban J connectivity index is 1.61. The Morgan fingerprint density at radius 1 is 1.15 bits per heavy atom. The predicted octanol–water partition coefficient (Wildman–Crippen LogP) is 1.27. The van der Waals surface area contributed by atoms with Crippen LogP contribution >= 0.6 is 0 Å². The summed E-state index contributed by atoms with van der Waals surface area (Å²) >= 11 is 0. The van der Waals surface area contributed by atoms with Crippen LogP contribution in [0.5, 0.6) is 0 Å². The molecule has 0 aromatic heterocycles. The van der Waals surface area contributed by atoms with Crippen molar-refractivity contribution >= 4 is 0 Å². The molecular weight excluding hydrogens is 166 g/mol. The maximum absolute atomic E-state index is 6.00. The first kappa shape index (κ1) is 9.44. The average molecular weight is 185 g/mol. The summed E-state index contributed by atoms with van der Waals surface area (Å²) in [6, 6.07) is 0.272. The number of hydrogen-bond acceptors (Lipinski definition) is 3. The minimum atomic E-state index is -0.0184. The highest BCUT2D eigenvalue weighted by atomic mass is 16.7. The van der Waals surface area contributed by atoms with Gasteiger partial charge in [-0.25, -0.2) is 0 Å². The number of rotatable bonds is 4. The van der Waals surface area contributed by atoms with E-state index in [1.54, 1.807) is 0 Å². The molecule has 0 aromatic carbocycles. The molecule has 1 saturated carbocycles. The van der Waals surface area contributed by atoms with Crippen molar-refractivity contribution in [2.45, 2.75) is 44.4 Å². The molecule has 13 heavy (non-hydrogen) atoms. The monoisotopic (exact) mass is 185 g/mol. The molecule has 1 saturated heterocycles. The van der Waals surface area contributed by atoms with Crippen LogP contribution in [0.4, 0.5) is 0 Å². The van der Waals surface area contributed by atoms with Gasteiger partial charge in [0, 0.05) is 12.5 Å². The summed E-state index contributed by atoms with van der Waals surface area (Å²) in [5.74, 6) is 0.886. The quantitative estimate of drug-likeness (QED) is 0.717. The lowest BCUT2D eigenvalue weighted by atomic mass is 9.80. The van der Waals surface area contributed by atoms with Gasteiger partial charge in [-0.1, -0.05) is 19.3 Å². The zero-order chi connectivity index (χ0) is 9.10. The molecular formula is C10H19NO2. The maximum Gasteiger partial charge on any atom is 0.159 e. The van der Waals surface area contributed by atoms with Gasteiger partial charge in [0.2, 0.25) is 0 Å². The summed E-state index contributed by atoms with van der Waals surface area (Å²) < 4.78 is 10.7. The highest BCUT2D eigenvalue weighted by molar-refractivity contribution is 4.76. The fourth-order valence-electron chi connectivity index (χ4n) is 2.04. The van der Waals surface area contributed by atoms with E-state index in [0.717, 1.165) is 32.0 Å². The van der Waals surface area contributed by atoms with Gasteiger partial charge in [0.25, 0.3) is 0 Å². The van der Waals surface area contributed by atoms with E-state index in [0.29, 0.717) is 0 Å². The second kappa shape index (κ2) is 4.40. The normalized spacial score (nSPS) is 27.5. The molecule has 1 heterocycles. The molecule has 0 bridgehead atoms. The van der Waals surface area contributed by atoms with E-state index >= 15 is 0 Å². The number of ether oxygens (including phenoxy) is 2. The molecule has 1 unspecified atom stereocenters. The molecule has 0 spiro atoms. The Kier molecular flexibility index (Phi) is 3.19. The smallest absolute Gasteiger partial charge is 0.159 e. The molecule has 0 radical (unpaired) electrons. The topological polar surface area (TPSA) is 44.5 Å². The first-order chi connectivity index (χ1) is 6.34. The van der Waals surface area contributed by atoms with Crippen LogP contribution in [0, 0.1) is 5.92 Å². The van der Waals surface area contributed by atoms with Crippen LogP contribution in [0.3, 0.4) is 0 Å². The molecule has 2 N–H and O–H groups in total.